The van der Waals surface area contributed by atoms with Gasteiger partial charge < -0.3 is 25.2 Å². The Bertz CT molecular complexity index is 653. The molecule has 0 aromatic heterocycles. The Morgan fingerprint density at radius 1 is 1.32 bits per heavy atom. The van der Waals surface area contributed by atoms with Gasteiger partial charge in [0.1, 0.15) is 17.8 Å². The highest BCUT2D eigenvalue weighted by Crippen LogP contribution is 2.31. The van der Waals surface area contributed by atoms with Crippen molar-refractivity contribution in [3.8, 4) is 0 Å². The molecule has 0 saturated heterocycles. The maximum absolute atomic E-state index is 11.6. The molecule has 0 radical (unpaired) electrons. The highest BCUT2D eigenvalue weighted by Gasteiger charge is 2.26. The molecule has 1 heterocycles. The van der Waals surface area contributed by atoms with Gasteiger partial charge in [-0.15, -0.1) is 0 Å². The molecule has 0 saturated carbocycles. The summed E-state index contributed by atoms with van der Waals surface area (Å²) < 4.78 is 5.09. The first-order valence-electron chi connectivity index (χ1n) is 8.32. The molecule has 1 aliphatic heterocycles. The van der Waals surface area contributed by atoms with Crippen LogP contribution < -0.4 is 10.2 Å². The van der Waals surface area contributed by atoms with Crippen LogP contribution in [0.2, 0.25) is 0 Å². The number of nitrogens with zero attached hydrogens (tertiary/aromatic N) is 1. The van der Waals surface area contributed by atoms with E-state index in [0.717, 1.165) is 11.3 Å². The number of ether oxygens (including phenoxy) is 1. The largest absolute Gasteiger partial charge is 0.444 e. The van der Waals surface area contributed by atoms with E-state index in [1.165, 1.54) is 6.92 Å². The number of rotatable bonds is 4. The van der Waals surface area contributed by atoms with Crippen molar-refractivity contribution in [1.82, 2.24) is 5.32 Å². The molecule has 0 aliphatic carbocycles. The van der Waals surface area contributed by atoms with Crippen LogP contribution in [0.5, 0.6) is 0 Å². The fraction of sp³-hybridized carbons (Fsp3) is 0.556. The summed E-state index contributed by atoms with van der Waals surface area (Å²) in [5.41, 5.74) is 1.71. The van der Waals surface area contributed by atoms with Gasteiger partial charge in [0.2, 0.25) is 5.91 Å². The van der Waals surface area contributed by atoms with Gasteiger partial charge in [0.25, 0.3) is 0 Å². The minimum Gasteiger partial charge on any atom is -0.444 e. The van der Waals surface area contributed by atoms with Crippen molar-refractivity contribution in [2.45, 2.75) is 51.9 Å². The van der Waals surface area contributed by atoms with Crippen LogP contribution in [0.4, 0.5) is 10.5 Å². The van der Waals surface area contributed by atoms with Crippen LogP contribution >= 0.6 is 0 Å². The third-order valence-corrected chi connectivity index (χ3v) is 3.94. The number of carbonyl (C=O) groups excluding carboxylic acids is 2. The molecule has 1 aliphatic rings. The van der Waals surface area contributed by atoms with E-state index in [2.05, 4.69) is 5.32 Å². The normalized spacial score (nSPS) is 16.2. The van der Waals surface area contributed by atoms with Crippen LogP contribution in [0.15, 0.2) is 18.2 Å². The maximum atomic E-state index is 11.6. The van der Waals surface area contributed by atoms with Gasteiger partial charge in [-0.1, -0.05) is 12.1 Å². The number of aliphatic hydroxyl groups excluding tert-OH is 2. The SMILES string of the molecule is CC(=O)N1CCc2cc(C(O)C(O)CNC(=O)OC(C)(C)C)ccc21. The number of aliphatic hydroxyl groups is 2. The standard InChI is InChI=1S/C18H26N2O5/c1-11(21)20-8-7-12-9-13(5-6-14(12)20)16(23)15(22)10-19-17(24)25-18(2,3)4/h5-6,9,15-16,22-23H,7-8,10H2,1-4H3,(H,19,24). The van der Waals surface area contributed by atoms with E-state index in [9.17, 15) is 19.8 Å². The van der Waals surface area contributed by atoms with E-state index in [0.29, 0.717) is 18.5 Å². The summed E-state index contributed by atoms with van der Waals surface area (Å²) in [7, 11) is 0. The van der Waals surface area contributed by atoms with Gasteiger partial charge in [0, 0.05) is 25.7 Å². The predicted molar refractivity (Wildman–Crippen MR) is 93.4 cm³/mol. The van der Waals surface area contributed by atoms with E-state index in [4.69, 9.17) is 4.74 Å². The molecule has 3 N–H and O–H groups in total. The first-order chi connectivity index (χ1) is 11.6. The lowest BCUT2D eigenvalue weighted by Gasteiger charge is -2.22. The predicted octanol–water partition coefficient (Wildman–Crippen LogP) is 1.51. The van der Waals surface area contributed by atoms with Crippen LogP contribution in [0.3, 0.4) is 0 Å². The smallest absolute Gasteiger partial charge is 0.407 e. The second-order valence-electron chi connectivity index (χ2n) is 7.20. The molecule has 1 aromatic rings. The number of alkyl carbamates (subject to hydrolysis) is 1. The third kappa shape index (κ3) is 4.93. The van der Waals surface area contributed by atoms with Crippen molar-refractivity contribution in [1.29, 1.82) is 0 Å². The van der Waals surface area contributed by atoms with Gasteiger partial charge >= 0.3 is 6.09 Å². The summed E-state index contributed by atoms with van der Waals surface area (Å²) in [5.74, 6) is -0.0198. The number of fused-ring (bicyclic) bond motifs is 1. The van der Waals surface area contributed by atoms with Crippen LogP contribution in [-0.4, -0.2) is 47.0 Å². The number of benzene rings is 1. The number of hydrogen-bond acceptors (Lipinski definition) is 5. The second-order valence-corrected chi connectivity index (χ2v) is 7.20. The lowest BCUT2D eigenvalue weighted by Crippen LogP contribution is -2.38. The maximum Gasteiger partial charge on any atom is 0.407 e. The molecular weight excluding hydrogens is 324 g/mol. The van der Waals surface area contributed by atoms with Crippen LogP contribution in [0.1, 0.15) is 44.9 Å². The molecule has 25 heavy (non-hydrogen) atoms. The van der Waals surface area contributed by atoms with Gasteiger partial charge in [0.05, 0.1) is 0 Å². The lowest BCUT2D eigenvalue weighted by atomic mass is 10.0. The molecule has 1 aromatic carbocycles. The van der Waals surface area contributed by atoms with Crippen molar-refractivity contribution < 1.29 is 24.5 Å². The summed E-state index contributed by atoms with van der Waals surface area (Å²) >= 11 is 0. The van der Waals surface area contributed by atoms with E-state index >= 15 is 0 Å². The first-order valence-corrected chi connectivity index (χ1v) is 8.32. The molecule has 138 valence electrons. The van der Waals surface area contributed by atoms with Crippen molar-refractivity contribution in [2.75, 3.05) is 18.0 Å². The lowest BCUT2D eigenvalue weighted by molar-refractivity contribution is -0.116. The van der Waals surface area contributed by atoms with Crippen LogP contribution in [0, 0.1) is 0 Å². The minimum atomic E-state index is -1.17. The fourth-order valence-electron chi connectivity index (χ4n) is 2.77. The molecule has 2 rings (SSSR count). The van der Waals surface area contributed by atoms with Crippen LogP contribution in [0.25, 0.3) is 0 Å². The molecule has 0 spiro atoms. The van der Waals surface area contributed by atoms with E-state index in [1.807, 2.05) is 0 Å². The molecule has 2 amide bonds. The summed E-state index contributed by atoms with van der Waals surface area (Å²) in [6.07, 6.45) is -2.26. The Morgan fingerprint density at radius 2 is 2.00 bits per heavy atom. The number of carbonyl (C=O) groups is 2. The second kappa shape index (κ2) is 7.41. The zero-order valence-electron chi connectivity index (χ0n) is 15.1. The fourth-order valence-corrected chi connectivity index (χ4v) is 2.77. The Kier molecular flexibility index (Phi) is 5.69. The van der Waals surface area contributed by atoms with E-state index < -0.39 is 23.9 Å². The number of nitrogens with one attached hydrogen (secondary N) is 1. The molecule has 2 unspecified atom stereocenters. The molecule has 0 bridgehead atoms. The van der Waals surface area contributed by atoms with Crippen molar-refractivity contribution in [3.63, 3.8) is 0 Å². The van der Waals surface area contributed by atoms with Crippen molar-refractivity contribution in [2.24, 2.45) is 0 Å². The molecule has 7 heteroatoms. The average Bonchev–Trinajstić information content (AvgIpc) is 2.93. The van der Waals surface area contributed by atoms with Crippen molar-refractivity contribution >= 4 is 17.7 Å². The van der Waals surface area contributed by atoms with Gasteiger partial charge in [-0.25, -0.2) is 4.79 Å². The Balaban J connectivity index is 1.97. The Hall–Kier alpha value is -2.12. The summed E-state index contributed by atoms with van der Waals surface area (Å²) in [6.45, 7) is 7.23. The van der Waals surface area contributed by atoms with E-state index in [-0.39, 0.29) is 12.5 Å². The molecule has 0 fully saturated rings. The zero-order chi connectivity index (χ0) is 18.8. The van der Waals surface area contributed by atoms with Gasteiger partial charge in [-0.3, -0.25) is 4.79 Å². The molecular formula is C18H26N2O5. The highest BCUT2D eigenvalue weighted by molar-refractivity contribution is 5.93. The van der Waals surface area contributed by atoms with Gasteiger partial charge in [0.15, 0.2) is 0 Å². The van der Waals surface area contributed by atoms with Gasteiger partial charge in [-0.2, -0.15) is 0 Å². The average molecular weight is 350 g/mol. The monoisotopic (exact) mass is 350 g/mol. The summed E-state index contributed by atoms with van der Waals surface area (Å²) in [6, 6.07) is 5.25. The number of anilines is 1. The number of amides is 2. The molecule has 2 atom stereocenters. The summed E-state index contributed by atoms with van der Waals surface area (Å²) in [4.78, 5) is 24.9. The van der Waals surface area contributed by atoms with E-state index in [1.54, 1.807) is 43.9 Å². The topological polar surface area (TPSA) is 99.1 Å². The van der Waals surface area contributed by atoms with Crippen LogP contribution in [-0.2, 0) is 16.0 Å². The van der Waals surface area contributed by atoms with Crippen molar-refractivity contribution in [3.05, 3.63) is 29.3 Å². The highest BCUT2D eigenvalue weighted by atomic mass is 16.6. The summed E-state index contributed by atoms with van der Waals surface area (Å²) in [5, 5.41) is 22.9. The zero-order valence-corrected chi connectivity index (χ0v) is 15.1. The quantitative estimate of drug-likeness (QED) is 0.764. The van der Waals surface area contributed by atoms with Gasteiger partial charge in [-0.05, 0) is 44.4 Å². The molecule has 7 nitrogen and oxygen atoms in total. The first kappa shape index (κ1) is 19.2. The number of hydrogen-bond donors (Lipinski definition) is 3. The third-order valence-electron chi connectivity index (χ3n) is 3.94. The minimum absolute atomic E-state index is 0.0198. The Morgan fingerprint density at radius 3 is 2.60 bits per heavy atom. The Labute approximate surface area is 147 Å².